The van der Waals surface area contributed by atoms with Crippen molar-refractivity contribution >= 4 is 17.4 Å². The van der Waals surface area contributed by atoms with Gasteiger partial charge < -0.3 is 4.74 Å². The maximum atomic E-state index is 12.8. The number of hydrogen-bond acceptors (Lipinski definition) is 2. The van der Waals surface area contributed by atoms with Crippen LogP contribution in [0.4, 0.5) is 0 Å². The maximum absolute atomic E-state index is 12.8. The van der Waals surface area contributed by atoms with E-state index in [9.17, 15) is 4.79 Å². The summed E-state index contributed by atoms with van der Waals surface area (Å²) in [7, 11) is 0. The Morgan fingerprint density at radius 1 is 1.45 bits per heavy atom. The first kappa shape index (κ1) is 15.5. The van der Waals surface area contributed by atoms with E-state index in [1.807, 2.05) is 31.2 Å². The van der Waals surface area contributed by atoms with Crippen LogP contribution in [0.2, 0.25) is 5.02 Å². The number of ether oxygens (including phenoxy) is 1. The number of ketones is 1. The molecule has 0 amide bonds. The van der Waals surface area contributed by atoms with E-state index >= 15 is 0 Å². The predicted octanol–water partition coefficient (Wildman–Crippen LogP) is 4.44. The molecule has 0 aliphatic heterocycles. The minimum atomic E-state index is -0.592. The fraction of sp³-hybridized carbons (Fsp3) is 0.588. The number of halogens is 1. The third-order valence-corrected chi connectivity index (χ3v) is 4.56. The highest BCUT2D eigenvalue weighted by Crippen LogP contribution is 2.37. The lowest BCUT2D eigenvalue weighted by atomic mass is 9.75. The number of rotatable bonds is 5. The second-order valence-corrected chi connectivity index (χ2v) is 6.23. The molecular formula is C17H23ClO2. The van der Waals surface area contributed by atoms with Crippen LogP contribution in [0, 0.1) is 5.92 Å². The first-order valence-corrected chi connectivity index (χ1v) is 7.86. The summed E-state index contributed by atoms with van der Waals surface area (Å²) in [5.41, 5.74) is 0.308. The Bertz CT molecular complexity index is 468. The van der Waals surface area contributed by atoms with Gasteiger partial charge in [0, 0.05) is 18.1 Å². The van der Waals surface area contributed by atoms with Crippen LogP contribution in [0.25, 0.3) is 0 Å². The van der Waals surface area contributed by atoms with Crippen LogP contribution in [0.5, 0.6) is 0 Å². The van der Waals surface area contributed by atoms with Crippen molar-refractivity contribution in [2.45, 2.75) is 51.6 Å². The zero-order valence-corrected chi connectivity index (χ0v) is 13.1. The molecule has 0 heterocycles. The van der Waals surface area contributed by atoms with Gasteiger partial charge in [-0.25, -0.2) is 0 Å². The normalized spacial score (nSPS) is 26.4. The van der Waals surface area contributed by atoms with Crippen molar-refractivity contribution in [3.05, 3.63) is 34.9 Å². The van der Waals surface area contributed by atoms with Gasteiger partial charge in [-0.1, -0.05) is 43.1 Å². The molecule has 2 atom stereocenters. The molecule has 1 fully saturated rings. The summed E-state index contributed by atoms with van der Waals surface area (Å²) in [6.07, 6.45) is 4.30. The Labute approximate surface area is 126 Å². The second-order valence-electron chi connectivity index (χ2n) is 5.82. The van der Waals surface area contributed by atoms with Crippen LogP contribution < -0.4 is 0 Å². The molecule has 0 saturated heterocycles. The Kier molecular flexibility index (Phi) is 5.22. The largest absolute Gasteiger partial charge is 0.367 e. The summed E-state index contributed by atoms with van der Waals surface area (Å²) in [6.45, 7) is 4.75. The molecule has 0 spiro atoms. The van der Waals surface area contributed by atoms with Gasteiger partial charge in [0.1, 0.15) is 5.60 Å². The molecule has 0 bridgehead atoms. The third-order valence-electron chi connectivity index (χ3n) is 4.19. The fourth-order valence-corrected chi connectivity index (χ4v) is 3.42. The highest BCUT2D eigenvalue weighted by atomic mass is 35.5. The molecule has 0 N–H and O–H groups in total. The fourth-order valence-electron chi connectivity index (χ4n) is 3.22. The van der Waals surface area contributed by atoms with Gasteiger partial charge in [-0.15, -0.1) is 0 Å². The standard InChI is InChI=1S/C17H23ClO2/c1-3-20-17(10-6-7-13(2)12-17)16(19)11-14-8-4-5-9-15(14)18/h4-5,8-9,13H,3,6-7,10-12H2,1-2H3. The van der Waals surface area contributed by atoms with Crippen LogP contribution in [0.3, 0.4) is 0 Å². The summed E-state index contributed by atoms with van der Waals surface area (Å²) >= 11 is 6.17. The number of carbonyl (C=O) groups excluding carboxylic acids is 1. The second kappa shape index (κ2) is 6.73. The van der Waals surface area contributed by atoms with Crippen LogP contribution in [0.1, 0.15) is 45.1 Å². The number of hydrogen-bond donors (Lipinski definition) is 0. The van der Waals surface area contributed by atoms with Crippen molar-refractivity contribution < 1.29 is 9.53 Å². The zero-order valence-electron chi connectivity index (χ0n) is 12.3. The first-order valence-electron chi connectivity index (χ1n) is 7.48. The molecule has 110 valence electrons. The molecule has 3 heteroatoms. The van der Waals surface area contributed by atoms with Crippen molar-refractivity contribution in [2.24, 2.45) is 5.92 Å². The Morgan fingerprint density at radius 3 is 2.85 bits per heavy atom. The van der Waals surface area contributed by atoms with Crippen molar-refractivity contribution in [3.63, 3.8) is 0 Å². The summed E-state index contributed by atoms with van der Waals surface area (Å²) in [4.78, 5) is 12.8. The molecule has 1 aliphatic rings. The quantitative estimate of drug-likeness (QED) is 0.802. The van der Waals surface area contributed by atoms with Gasteiger partial charge in [0.2, 0.25) is 0 Å². The minimum Gasteiger partial charge on any atom is -0.367 e. The summed E-state index contributed by atoms with van der Waals surface area (Å²) < 4.78 is 5.92. The molecule has 1 saturated carbocycles. The topological polar surface area (TPSA) is 26.3 Å². The molecule has 2 rings (SSSR count). The number of Topliss-reactive ketones (excluding diaryl/α,β-unsaturated/α-hetero) is 1. The van der Waals surface area contributed by atoms with E-state index < -0.39 is 5.60 Å². The predicted molar refractivity (Wildman–Crippen MR) is 82.2 cm³/mol. The molecule has 1 aliphatic carbocycles. The van der Waals surface area contributed by atoms with Gasteiger partial charge in [0.05, 0.1) is 0 Å². The van der Waals surface area contributed by atoms with Crippen molar-refractivity contribution in [1.29, 1.82) is 0 Å². The summed E-state index contributed by atoms with van der Waals surface area (Å²) in [5.74, 6) is 0.726. The van der Waals surface area contributed by atoms with Crippen LogP contribution in [-0.4, -0.2) is 18.0 Å². The molecule has 0 aromatic heterocycles. The van der Waals surface area contributed by atoms with Crippen molar-refractivity contribution in [2.75, 3.05) is 6.61 Å². The molecule has 1 aromatic carbocycles. The summed E-state index contributed by atoms with van der Waals surface area (Å²) in [5, 5.41) is 0.663. The van der Waals surface area contributed by atoms with Crippen molar-refractivity contribution in [3.8, 4) is 0 Å². The molecule has 1 aromatic rings. The monoisotopic (exact) mass is 294 g/mol. The minimum absolute atomic E-state index is 0.180. The lowest BCUT2D eigenvalue weighted by Gasteiger charge is -2.38. The Balaban J connectivity index is 2.17. The van der Waals surface area contributed by atoms with E-state index in [0.29, 0.717) is 24.0 Å². The molecule has 2 unspecified atom stereocenters. The van der Waals surface area contributed by atoms with E-state index in [1.54, 1.807) is 0 Å². The Hall–Kier alpha value is -0.860. The van der Waals surface area contributed by atoms with Gasteiger partial charge in [0.15, 0.2) is 5.78 Å². The number of carbonyl (C=O) groups is 1. The highest BCUT2D eigenvalue weighted by molar-refractivity contribution is 6.31. The lowest BCUT2D eigenvalue weighted by Crippen LogP contribution is -2.46. The van der Waals surface area contributed by atoms with E-state index in [4.69, 9.17) is 16.3 Å². The average Bonchev–Trinajstić information content (AvgIpc) is 2.41. The van der Waals surface area contributed by atoms with Gasteiger partial charge >= 0.3 is 0 Å². The van der Waals surface area contributed by atoms with E-state index in [0.717, 1.165) is 24.8 Å². The number of benzene rings is 1. The van der Waals surface area contributed by atoms with Crippen LogP contribution in [-0.2, 0) is 16.0 Å². The Morgan fingerprint density at radius 2 is 2.20 bits per heavy atom. The highest BCUT2D eigenvalue weighted by Gasteiger charge is 2.41. The van der Waals surface area contributed by atoms with E-state index in [1.165, 1.54) is 6.42 Å². The van der Waals surface area contributed by atoms with Crippen molar-refractivity contribution in [1.82, 2.24) is 0 Å². The zero-order chi connectivity index (χ0) is 14.6. The van der Waals surface area contributed by atoms with Crippen LogP contribution >= 0.6 is 11.6 Å². The van der Waals surface area contributed by atoms with Gasteiger partial charge in [-0.2, -0.15) is 0 Å². The van der Waals surface area contributed by atoms with Gasteiger partial charge in [-0.3, -0.25) is 4.79 Å². The van der Waals surface area contributed by atoms with Gasteiger partial charge in [0.25, 0.3) is 0 Å². The molecule has 2 nitrogen and oxygen atoms in total. The smallest absolute Gasteiger partial charge is 0.169 e. The van der Waals surface area contributed by atoms with E-state index in [2.05, 4.69) is 6.92 Å². The van der Waals surface area contributed by atoms with Crippen LogP contribution in [0.15, 0.2) is 24.3 Å². The molecular weight excluding hydrogens is 272 g/mol. The first-order chi connectivity index (χ1) is 9.57. The SMILES string of the molecule is CCOC1(C(=O)Cc2ccccc2Cl)CCCC(C)C1. The lowest BCUT2D eigenvalue weighted by molar-refractivity contribution is -0.150. The van der Waals surface area contributed by atoms with Gasteiger partial charge in [-0.05, 0) is 43.7 Å². The average molecular weight is 295 g/mol. The van der Waals surface area contributed by atoms with E-state index in [-0.39, 0.29) is 5.78 Å². The third kappa shape index (κ3) is 3.42. The summed E-state index contributed by atoms with van der Waals surface area (Å²) in [6, 6.07) is 7.57. The molecule has 20 heavy (non-hydrogen) atoms. The maximum Gasteiger partial charge on any atom is 0.169 e. The molecule has 0 radical (unpaired) electrons.